The summed E-state index contributed by atoms with van der Waals surface area (Å²) in [4.78, 5) is 38.3. The topological polar surface area (TPSA) is 78.9 Å². The van der Waals surface area contributed by atoms with Crippen LogP contribution >= 0.6 is 0 Å². The van der Waals surface area contributed by atoms with Gasteiger partial charge in [0.05, 0.1) is 0 Å². The molecular formula is C69H116O6. The van der Waals surface area contributed by atoms with Crippen LogP contribution in [0.15, 0.2) is 109 Å². The van der Waals surface area contributed by atoms with Crippen molar-refractivity contribution in [1.29, 1.82) is 0 Å². The number of rotatable bonds is 56. The third-order valence-corrected chi connectivity index (χ3v) is 13.2. The Kier molecular flexibility index (Phi) is 59.3. The van der Waals surface area contributed by atoms with Gasteiger partial charge in [-0.15, -0.1) is 0 Å². The zero-order chi connectivity index (χ0) is 54.3. The number of ether oxygens (including phenoxy) is 3. The highest BCUT2D eigenvalue weighted by atomic mass is 16.6. The summed E-state index contributed by atoms with van der Waals surface area (Å²) in [5.41, 5.74) is 0. The molecule has 0 amide bonds. The molecule has 0 aliphatic carbocycles. The maximum Gasteiger partial charge on any atom is 0.306 e. The molecule has 0 aromatic carbocycles. The quantitative estimate of drug-likeness (QED) is 0.0261. The van der Waals surface area contributed by atoms with Crippen molar-refractivity contribution in [2.45, 2.75) is 297 Å². The minimum Gasteiger partial charge on any atom is -0.462 e. The second-order valence-electron chi connectivity index (χ2n) is 20.6. The molecule has 0 bridgehead atoms. The fourth-order valence-corrected chi connectivity index (χ4v) is 8.52. The van der Waals surface area contributed by atoms with Gasteiger partial charge in [0.15, 0.2) is 6.10 Å². The molecule has 1 unspecified atom stereocenters. The van der Waals surface area contributed by atoms with Crippen LogP contribution in [0.2, 0.25) is 0 Å². The number of carbonyl (C=O) groups excluding carboxylic acids is 3. The van der Waals surface area contributed by atoms with Crippen LogP contribution in [0.25, 0.3) is 0 Å². The molecule has 428 valence electrons. The van der Waals surface area contributed by atoms with E-state index in [1.165, 1.54) is 109 Å². The van der Waals surface area contributed by atoms with E-state index in [-0.39, 0.29) is 31.1 Å². The lowest BCUT2D eigenvalue weighted by Crippen LogP contribution is -2.30. The lowest BCUT2D eigenvalue weighted by molar-refractivity contribution is -0.167. The van der Waals surface area contributed by atoms with Crippen LogP contribution in [0.5, 0.6) is 0 Å². The fourth-order valence-electron chi connectivity index (χ4n) is 8.52. The monoisotopic (exact) mass is 1040 g/mol. The minimum absolute atomic E-state index is 0.0902. The van der Waals surface area contributed by atoms with Gasteiger partial charge in [0.1, 0.15) is 13.2 Å². The third kappa shape index (κ3) is 60.8. The van der Waals surface area contributed by atoms with E-state index in [0.717, 1.165) is 141 Å². The Morgan fingerprint density at radius 1 is 0.280 bits per heavy atom. The smallest absolute Gasteiger partial charge is 0.306 e. The average Bonchev–Trinajstić information content (AvgIpc) is 3.41. The van der Waals surface area contributed by atoms with Crippen LogP contribution in [0.4, 0.5) is 0 Å². The Labute approximate surface area is 463 Å². The number of esters is 3. The molecule has 0 radical (unpaired) electrons. The first kappa shape index (κ1) is 71.1. The highest BCUT2D eigenvalue weighted by Crippen LogP contribution is 2.15. The van der Waals surface area contributed by atoms with Gasteiger partial charge in [-0.25, -0.2) is 0 Å². The number of carbonyl (C=O) groups is 3. The SMILES string of the molecule is CC/C=C\C/C=C\C/C=C\C/C=C\C/C=C\CCCCCCCCCCCCCC(=O)OCC(COC(=O)CCCCCCC/C=C\C/C=C\CCCC)OC(=O)CCCCCCC/C=C\C/C=C\CCCCCC. The minimum atomic E-state index is -0.795. The second kappa shape index (κ2) is 62.6. The van der Waals surface area contributed by atoms with Crippen molar-refractivity contribution in [3.05, 3.63) is 109 Å². The summed E-state index contributed by atoms with van der Waals surface area (Å²) in [5.74, 6) is -0.916. The van der Waals surface area contributed by atoms with E-state index >= 15 is 0 Å². The first-order chi connectivity index (χ1) is 37.0. The van der Waals surface area contributed by atoms with Crippen molar-refractivity contribution in [2.24, 2.45) is 0 Å². The van der Waals surface area contributed by atoms with Crippen molar-refractivity contribution < 1.29 is 28.6 Å². The molecule has 1 atom stereocenters. The standard InChI is InChI=1S/C69H116O6/c1-4-7-10-13-16-19-22-25-28-30-31-32-33-34-35-36-37-38-39-40-42-44-47-50-53-56-59-62-68(71)74-65-66(64-73-67(70)61-58-55-52-49-46-43-27-24-21-18-15-12-9-6-3)75-69(72)63-60-57-54-51-48-45-41-29-26-23-20-17-14-11-8-5-2/h7,10,15-16,18-20,23-25,27-29,31-32,34-35,41,66H,4-6,8-9,11-14,17,21-22,26,30,33,36-40,42-65H2,1-3H3/b10-7-,18-15-,19-16-,23-20-,27-24-,28-25-,32-31-,35-34-,41-29-. The molecule has 6 heteroatoms. The molecule has 6 nitrogen and oxygen atoms in total. The normalized spacial score (nSPS) is 12.8. The van der Waals surface area contributed by atoms with E-state index in [2.05, 4.69) is 130 Å². The Morgan fingerprint density at radius 3 is 0.853 bits per heavy atom. The Hall–Kier alpha value is -3.93. The Bertz CT molecular complexity index is 1520. The van der Waals surface area contributed by atoms with E-state index in [4.69, 9.17) is 14.2 Å². The lowest BCUT2D eigenvalue weighted by atomic mass is 10.0. The molecule has 0 heterocycles. The predicted octanol–water partition coefficient (Wildman–Crippen LogP) is 21.4. The van der Waals surface area contributed by atoms with E-state index in [9.17, 15) is 14.4 Å². The molecule has 0 saturated heterocycles. The molecule has 0 N–H and O–H groups in total. The van der Waals surface area contributed by atoms with Crippen molar-refractivity contribution in [3.63, 3.8) is 0 Å². The number of hydrogen-bond donors (Lipinski definition) is 0. The largest absolute Gasteiger partial charge is 0.462 e. The molecule has 0 rings (SSSR count). The van der Waals surface area contributed by atoms with Crippen molar-refractivity contribution >= 4 is 17.9 Å². The van der Waals surface area contributed by atoms with Crippen LogP contribution in [0.3, 0.4) is 0 Å². The molecule has 0 saturated carbocycles. The summed E-state index contributed by atoms with van der Waals surface area (Å²) in [7, 11) is 0. The summed E-state index contributed by atoms with van der Waals surface area (Å²) < 4.78 is 16.9. The zero-order valence-electron chi connectivity index (χ0n) is 49.0. The molecule has 0 aliphatic rings. The van der Waals surface area contributed by atoms with Gasteiger partial charge in [-0.3, -0.25) is 14.4 Å². The molecule has 0 aromatic rings. The van der Waals surface area contributed by atoms with Crippen LogP contribution in [-0.4, -0.2) is 37.2 Å². The van der Waals surface area contributed by atoms with Crippen LogP contribution in [-0.2, 0) is 28.6 Å². The van der Waals surface area contributed by atoms with Gasteiger partial charge in [0.2, 0.25) is 0 Å². The van der Waals surface area contributed by atoms with E-state index in [1.807, 2.05) is 0 Å². The van der Waals surface area contributed by atoms with Gasteiger partial charge in [-0.1, -0.05) is 259 Å². The summed E-state index contributed by atoms with van der Waals surface area (Å²) in [5, 5.41) is 0. The molecule has 75 heavy (non-hydrogen) atoms. The molecular weight excluding hydrogens is 925 g/mol. The van der Waals surface area contributed by atoms with Gasteiger partial charge in [0, 0.05) is 19.3 Å². The highest BCUT2D eigenvalue weighted by molar-refractivity contribution is 5.71. The lowest BCUT2D eigenvalue weighted by Gasteiger charge is -2.18. The Balaban J connectivity index is 4.33. The van der Waals surface area contributed by atoms with E-state index in [0.29, 0.717) is 19.3 Å². The number of allylic oxidation sites excluding steroid dienone is 18. The van der Waals surface area contributed by atoms with Gasteiger partial charge in [-0.05, 0) is 122 Å². The maximum atomic E-state index is 12.9. The van der Waals surface area contributed by atoms with Crippen LogP contribution < -0.4 is 0 Å². The summed E-state index contributed by atoms with van der Waals surface area (Å²) in [6, 6.07) is 0. The average molecular weight is 1040 g/mol. The molecule has 0 fully saturated rings. The molecule has 0 aromatic heterocycles. The van der Waals surface area contributed by atoms with Gasteiger partial charge >= 0.3 is 17.9 Å². The predicted molar refractivity (Wildman–Crippen MR) is 325 cm³/mol. The first-order valence-electron chi connectivity index (χ1n) is 31.4. The van der Waals surface area contributed by atoms with Crippen molar-refractivity contribution in [3.8, 4) is 0 Å². The van der Waals surface area contributed by atoms with Crippen molar-refractivity contribution in [2.75, 3.05) is 13.2 Å². The maximum absolute atomic E-state index is 12.9. The number of hydrogen-bond acceptors (Lipinski definition) is 6. The van der Waals surface area contributed by atoms with Crippen LogP contribution in [0.1, 0.15) is 290 Å². The highest BCUT2D eigenvalue weighted by Gasteiger charge is 2.19. The zero-order valence-corrected chi connectivity index (χ0v) is 49.0. The van der Waals surface area contributed by atoms with Crippen LogP contribution in [0, 0.1) is 0 Å². The fraction of sp³-hybridized carbons (Fsp3) is 0.696. The molecule has 0 aliphatic heterocycles. The summed E-state index contributed by atoms with van der Waals surface area (Å²) in [6.45, 7) is 6.46. The van der Waals surface area contributed by atoms with E-state index < -0.39 is 6.10 Å². The second-order valence-corrected chi connectivity index (χ2v) is 20.6. The third-order valence-electron chi connectivity index (χ3n) is 13.2. The first-order valence-corrected chi connectivity index (χ1v) is 31.4. The summed E-state index contributed by atoms with van der Waals surface area (Å²) >= 11 is 0. The van der Waals surface area contributed by atoms with E-state index in [1.54, 1.807) is 0 Å². The summed E-state index contributed by atoms with van der Waals surface area (Å²) in [6.07, 6.45) is 85.1. The van der Waals surface area contributed by atoms with Crippen molar-refractivity contribution in [1.82, 2.24) is 0 Å². The van der Waals surface area contributed by atoms with Gasteiger partial charge in [-0.2, -0.15) is 0 Å². The molecule has 0 spiro atoms. The van der Waals surface area contributed by atoms with Gasteiger partial charge < -0.3 is 14.2 Å². The number of unbranched alkanes of at least 4 members (excludes halogenated alkanes) is 27. The Morgan fingerprint density at radius 2 is 0.533 bits per heavy atom. The van der Waals surface area contributed by atoms with Gasteiger partial charge in [0.25, 0.3) is 0 Å².